The maximum atomic E-state index is 13.0. The van der Waals surface area contributed by atoms with Crippen LogP contribution >= 0.6 is 0 Å². The number of hydrogen-bond donors (Lipinski definition) is 2. The van der Waals surface area contributed by atoms with Crippen molar-refractivity contribution in [3.8, 4) is 0 Å². The lowest BCUT2D eigenvalue weighted by atomic mass is 10.1. The molecule has 0 atom stereocenters. The summed E-state index contributed by atoms with van der Waals surface area (Å²) in [5.41, 5.74) is 2.12. The minimum atomic E-state index is -3.92. The Morgan fingerprint density at radius 3 is 2.39 bits per heavy atom. The number of carbonyl (C=O) groups excluding carboxylic acids is 1. The predicted octanol–water partition coefficient (Wildman–Crippen LogP) is 4.44. The molecule has 0 radical (unpaired) electrons. The summed E-state index contributed by atoms with van der Waals surface area (Å²) in [4.78, 5) is 12.5. The first-order valence-electron chi connectivity index (χ1n) is 8.67. The van der Waals surface area contributed by atoms with Crippen LogP contribution in [0.25, 0.3) is 0 Å². The van der Waals surface area contributed by atoms with Crippen LogP contribution in [0.15, 0.2) is 77.7 Å². The molecular weight excluding hydrogens is 379 g/mol. The van der Waals surface area contributed by atoms with Crippen LogP contribution in [0, 0.1) is 5.82 Å². The molecule has 28 heavy (non-hydrogen) atoms. The van der Waals surface area contributed by atoms with Gasteiger partial charge in [0.1, 0.15) is 5.82 Å². The number of anilines is 2. The quantitative estimate of drug-likeness (QED) is 0.645. The molecule has 0 aromatic heterocycles. The summed E-state index contributed by atoms with van der Waals surface area (Å²) >= 11 is 0. The second-order valence-electron chi connectivity index (χ2n) is 6.11. The Balaban J connectivity index is 1.83. The average molecular weight is 398 g/mol. The first-order valence-corrected chi connectivity index (χ1v) is 10.1. The van der Waals surface area contributed by atoms with E-state index in [0.29, 0.717) is 5.69 Å². The zero-order chi connectivity index (χ0) is 20.1. The molecule has 1 amide bonds. The van der Waals surface area contributed by atoms with Crippen LogP contribution < -0.4 is 10.0 Å². The Morgan fingerprint density at radius 1 is 0.964 bits per heavy atom. The van der Waals surface area contributed by atoms with Gasteiger partial charge in [0.05, 0.1) is 4.90 Å². The summed E-state index contributed by atoms with van der Waals surface area (Å²) in [6.45, 7) is 1.99. The minimum absolute atomic E-state index is 0.0618. The van der Waals surface area contributed by atoms with Gasteiger partial charge in [0.15, 0.2) is 0 Å². The summed E-state index contributed by atoms with van der Waals surface area (Å²) in [6.07, 6.45) is 0.756. The van der Waals surface area contributed by atoms with Crippen molar-refractivity contribution in [3.63, 3.8) is 0 Å². The van der Waals surface area contributed by atoms with Gasteiger partial charge in [-0.1, -0.05) is 31.2 Å². The van der Waals surface area contributed by atoms with Gasteiger partial charge in [0.2, 0.25) is 0 Å². The number of hydrogen-bond acceptors (Lipinski definition) is 3. The number of amides is 1. The standard InChI is InChI=1S/C21H19FN2O3S/c1-2-15-6-3-4-9-20(15)23-21(25)16-7-5-8-19(14-16)28(26,27)24-18-12-10-17(22)11-13-18/h3-14,24H,2H2,1H3,(H,23,25). The third kappa shape index (κ3) is 4.55. The first kappa shape index (κ1) is 19.6. The van der Waals surface area contributed by atoms with E-state index in [0.717, 1.165) is 24.1 Å². The van der Waals surface area contributed by atoms with E-state index in [1.165, 1.54) is 30.3 Å². The molecule has 5 nitrogen and oxygen atoms in total. The van der Waals surface area contributed by atoms with Gasteiger partial charge in [-0.15, -0.1) is 0 Å². The van der Waals surface area contributed by atoms with Crippen molar-refractivity contribution >= 4 is 27.3 Å². The van der Waals surface area contributed by atoms with Crippen molar-refractivity contribution in [2.24, 2.45) is 0 Å². The zero-order valence-corrected chi connectivity index (χ0v) is 16.0. The van der Waals surface area contributed by atoms with Crippen LogP contribution in [0.1, 0.15) is 22.8 Å². The second kappa shape index (κ2) is 8.22. The molecule has 0 spiro atoms. The van der Waals surface area contributed by atoms with Crippen LogP contribution in [0.5, 0.6) is 0 Å². The van der Waals surface area contributed by atoms with Gasteiger partial charge in [-0.2, -0.15) is 0 Å². The van der Waals surface area contributed by atoms with E-state index >= 15 is 0 Å². The second-order valence-corrected chi connectivity index (χ2v) is 7.79. The van der Waals surface area contributed by atoms with Crippen LogP contribution in [0.4, 0.5) is 15.8 Å². The maximum absolute atomic E-state index is 13.0. The Kier molecular flexibility index (Phi) is 5.75. The molecule has 0 saturated heterocycles. The SMILES string of the molecule is CCc1ccccc1NC(=O)c1cccc(S(=O)(=O)Nc2ccc(F)cc2)c1. The van der Waals surface area contributed by atoms with Crippen molar-refractivity contribution in [2.45, 2.75) is 18.2 Å². The summed E-state index contributed by atoms with van der Waals surface area (Å²) in [5, 5.41) is 2.82. The van der Waals surface area contributed by atoms with Crippen molar-refractivity contribution < 1.29 is 17.6 Å². The fourth-order valence-electron chi connectivity index (χ4n) is 2.68. The highest BCUT2D eigenvalue weighted by Gasteiger charge is 2.17. The smallest absolute Gasteiger partial charge is 0.261 e. The van der Waals surface area contributed by atoms with E-state index in [-0.39, 0.29) is 16.1 Å². The maximum Gasteiger partial charge on any atom is 0.261 e. The van der Waals surface area contributed by atoms with E-state index in [2.05, 4.69) is 10.0 Å². The topological polar surface area (TPSA) is 75.3 Å². The normalized spacial score (nSPS) is 11.1. The van der Waals surface area contributed by atoms with Crippen molar-refractivity contribution in [1.82, 2.24) is 0 Å². The third-order valence-corrected chi connectivity index (χ3v) is 5.53. The summed E-state index contributed by atoms with van der Waals surface area (Å²) in [5.74, 6) is -0.867. The largest absolute Gasteiger partial charge is 0.322 e. The monoisotopic (exact) mass is 398 g/mol. The highest BCUT2D eigenvalue weighted by Crippen LogP contribution is 2.20. The van der Waals surface area contributed by atoms with E-state index in [4.69, 9.17) is 0 Å². The molecule has 0 heterocycles. The van der Waals surface area contributed by atoms with Crippen LogP contribution in [-0.4, -0.2) is 14.3 Å². The third-order valence-electron chi connectivity index (χ3n) is 4.15. The number of para-hydroxylation sites is 1. The molecular formula is C21H19FN2O3S. The lowest BCUT2D eigenvalue weighted by molar-refractivity contribution is 0.102. The molecule has 0 aliphatic carbocycles. The molecule has 3 aromatic carbocycles. The summed E-state index contributed by atoms with van der Waals surface area (Å²) in [6, 6.07) is 18.1. The van der Waals surface area contributed by atoms with Gasteiger partial charge < -0.3 is 5.32 Å². The molecule has 0 aliphatic rings. The van der Waals surface area contributed by atoms with E-state index < -0.39 is 21.7 Å². The van der Waals surface area contributed by atoms with Gasteiger partial charge in [0, 0.05) is 16.9 Å². The Bertz CT molecular complexity index is 1100. The molecule has 3 rings (SSSR count). The Hall–Kier alpha value is -3.19. The Morgan fingerprint density at radius 2 is 1.68 bits per heavy atom. The number of aryl methyl sites for hydroxylation is 1. The van der Waals surface area contributed by atoms with Gasteiger partial charge in [-0.05, 0) is 60.5 Å². The van der Waals surface area contributed by atoms with E-state index in [1.807, 2.05) is 25.1 Å². The molecule has 0 unspecified atom stereocenters. The summed E-state index contributed by atoms with van der Waals surface area (Å²) in [7, 11) is -3.92. The predicted molar refractivity (Wildman–Crippen MR) is 107 cm³/mol. The molecule has 2 N–H and O–H groups in total. The fourth-order valence-corrected chi connectivity index (χ4v) is 3.79. The molecule has 0 aliphatic heterocycles. The van der Waals surface area contributed by atoms with Gasteiger partial charge in [-0.25, -0.2) is 12.8 Å². The Labute approximate surface area is 163 Å². The van der Waals surface area contributed by atoms with Crippen molar-refractivity contribution in [3.05, 3.63) is 89.7 Å². The number of carbonyl (C=O) groups is 1. The van der Waals surface area contributed by atoms with Gasteiger partial charge in [0.25, 0.3) is 15.9 Å². The van der Waals surface area contributed by atoms with Crippen molar-refractivity contribution in [2.75, 3.05) is 10.0 Å². The molecule has 0 bridgehead atoms. The number of benzene rings is 3. The highest BCUT2D eigenvalue weighted by molar-refractivity contribution is 7.92. The molecule has 3 aromatic rings. The van der Waals surface area contributed by atoms with Gasteiger partial charge >= 0.3 is 0 Å². The lowest BCUT2D eigenvalue weighted by Crippen LogP contribution is -2.16. The fraction of sp³-hybridized carbons (Fsp3) is 0.0952. The molecule has 144 valence electrons. The number of halogens is 1. The number of nitrogens with one attached hydrogen (secondary N) is 2. The highest BCUT2D eigenvalue weighted by atomic mass is 32.2. The molecule has 0 saturated carbocycles. The summed E-state index contributed by atoms with van der Waals surface area (Å²) < 4.78 is 40.5. The molecule has 7 heteroatoms. The minimum Gasteiger partial charge on any atom is -0.322 e. The average Bonchev–Trinajstić information content (AvgIpc) is 2.70. The number of sulfonamides is 1. The van der Waals surface area contributed by atoms with Crippen LogP contribution in [-0.2, 0) is 16.4 Å². The molecule has 0 fully saturated rings. The van der Waals surface area contributed by atoms with Crippen LogP contribution in [0.2, 0.25) is 0 Å². The van der Waals surface area contributed by atoms with E-state index in [1.54, 1.807) is 12.1 Å². The van der Waals surface area contributed by atoms with Crippen molar-refractivity contribution in [1.29, 1.82) is 0 Å². The zero-order valence-electron chi connectivity index (χ0n) is 15.1. The van der Waals surface area contributed by atoms with Crippen LogP contribution in [0.3, 0.4) is 0 Å². The number of rotatable bonds is 6. The van der Waals surface area contributed by atoms with E-state index in [9.17, 15) is 17.6 Å². The lowest BCUT2D eigenvalue weighted by Gasteiger charge is -2.11. The van der Waals surface area contributed by atoms with Gasteiger partial charge in [-0.3, -0.25) is 9.52 Å². The first-order chi connectivity index (χ1) is 13.4.